The van der Waals surface area contributed by atoms with Gasteiger partial charge in [0.2, 0.25) is 0 Å². The van der Waals surface area contributed by atoms with Crippen molar-refractivity contribution in [1.29, 1.82) is 0 Å². The smallest absolute Gasteiger partial charge is 0.162 e. The molecule has 1 aliphatic heterocycles. The highest BCUT2D eigenvalue weighted by Crippen LogP contribution is 2.31. The predicted octanol–water partition coefficient (Wildman–Crippen LogP) is 1.14. The second-order valence-electron chi connectivity index (χ2n) is 6.28. The SMILES string of the molecule is COc1cnn(C(C)C)c1C(O)CC1CN(C)CCN1C. The van der Waals surface area contributed by atoms with Crippen LogP contribution >= 0.6 is 0 Å². The maximum Gasteiger partial charge on any atom is 0.162 e. The largest absolute Gasteiger partial charge is 0.493 e. The van der Waals surface area contributed by atoms with Crippen LogP contribution in [0.15, 0.2) is 6.20 Å². The molecule has 120 valence electrons. The fraction of sp³-hybridized carbons (Fsp3) is 0.800. The van der Waals surface area contributed by atoms with Crippen LogP contribution in [0.2, 0.25) is 0 Å². The molecule has 1 fully saturated rings. The summed E-state index contributed by atoms with van der Waals surface area (Å²) in [6.45, 7) is 7.21. The zero-order chi connectivity index (χ0) is 15.6. The van der Waals surface area contributed by atoms with Crippen LogP contribution in [0.1, 0.15) is 38.1 Å². The van der Waals surface area contributed by atoms with E-state index in [0.29, 0.717) is 18.2 Å². The number of piperazine rings is 1. The third kappa shape index (κ3) is 3.56. The molecule has 1 aromatic rings. The van der Waals surface area contributed by atoms with Gasteiger partial charge in [0.15, 0.2) is 5.75 Å². The molecule has 0 spiro atoms. The first-order chi connectivity index (χ1) is 9.93. The summed E-state index contributed by atoms with van der Waals surface area (Å²) < 4.78 is 7.22. The molecule has 0 aliphatic carbocycles. The maximum absolute atomic E-state index is 10.7. The van der Waals surface area contributed by atoms with E-state index in [1.165, 1.54) is 0 Å². The lowest BCUT2D eigenvalue weighted by Gasteiger charge is -2.38. The van der Waals surface area contributed by atoms with Crippen molar-refractivity contribution < 1.29 is 9.84 Å². The molecule has 1 aliphatic rings. The first kappa shape index (κ1) is 16.3. The Morgan fingerprint density at radius 1 is 1.38 bits per heavy atom. The summed E-state index contributed by atoms with van der Waals surface area (Å²) in [4.78, 5) is 4.64. The molecule has 2 atom stereocenters. The molecule has 0 aromatic carbocycles. The van der Waals surface area contributed by atoms with Crippen LogP contribution in [0, 0.1) is 0 Å². The average Bonchev–Trinajstić information content (AvgIpc) is 2.87. The van der Waals surface area contributed by atoms with Crippen LogP contribution in [0.3, 0.4) is 0 Å². The van der Waals surface area contributed by atoms with Crippen molar-refractivity contribution in [3.05, 3.63) is 11.9 Å². The fourth-order valence-corrected chi connectivity index (χ4v) is 2.97. The Labute approximate surface area is 127 Å². The van der Waals surface area contributed by atoms with Crippen LogP contribution in [0.25, 0.3) is 0 Å². The van der Waals surface area contributed by atoms with E-state index in [2.05, 4.69) is 42.8 Å². The minimum absolute atomic E-state index is 0.199. The molecule has 21 heavy (non-hydrogen) atoms. The van der Waals surface area contributed by atoms with Crippen molar-refractivity contribution in [2.45, 2.75) is 38.5 Å². The fourth-order valence-electron chi connectivity index (χ4n) is 2.97. The van der Waals surface area contributed by atoms with Gasteiger partial charge in [-0.1, -0.05) is 0 Å². The van der Waals surface area contributed by atoms with Gasteiger partial charge >= 0.3 is 0 Å². The van der Waals surface area contributed by atoms with Crippen molar-refractivity contribution in [2.75, 3.05) is 40.8 Å². The summed E-state index contributed by atoms with van der Waals surface area (Å²) in [6, 6.07) is 0.546. The van der Waals surface area contributed by atoms with E-state index >= 15 is 0 Å². The van der Waals surface area contributed by atoms with Gasteiger partial charge in [-0.2, -0.15) is 5.10 Å². The van der Waals surface area contributed by atoms with Crippen molar-refractivity contribution in [1.82, 2.24) is 19.6 Å². The number of rotatable bonds is 5. The Hall–Kier alpha value is -1.11. The van der Waals surface area contributed by atoms with E-state index in [0.717, 1.165) is 25.3 Å². The first-order valence-corrected chi connectivity index (χ1v) is 7.62. The number of ether oxygens (including phenoxy) is 1. The summed E-state index contributed by atoms with van der Waals surface area (Å²) in [5.74, 6) is 0.669. The van der Waals surface area contributed by atoms with Gasteiger partial charge in [-0.3, -0.25) is 4.68 Å². The second-order valence-corrected chi connectivity index (χ2v) is 6.28. The first-order valence-electron chi connectivity index (χ1n) is 7.62. The Morgan fingerprint density at radius 2 is 2.10 bits per heavy atom. The molecule has 0 bridgehead atoms. The molecule has 0 radical (unpaired) electrons. The number of hydrogen-bond donors (Lipinski definition) is 1. The third-order valence-corrected chi connectivity index (χ3v) is 4.30. The van der Waals surface area contributed by atoms with Crippen LogP contribution in [0.5, 0.6) is 5.75 Å². The van der Waals surface area contributed by atoms with Crippen molar-refractivity contribution in [3.63, 3.8) is 0 Å². The monoisotopic (exact) mass is 296 g/mol. The van der Waals surface area contributed by atoms with Crippen LogP contribution in [0.4, 0.5) is 0 Å². The van der Waals surface area contributed by atoms with Gasteiger partial charge in [0, 0.05) is 31.7 Å². The summed E-state index contributed by atoms with van der Waals surface area (Å²) in [5.41, 5.74) is 0.786. The van der Waals surface area contributed by atoms with Gasteiger partial charge in [0.1, 0.15) is 11.8 Å². The average molecular weight is 296 g/mol. The lowest BCUT2D eigenvalue weighted by molar-refractivity contribution is 0.0585. The van der Waals surface area contributed by atoms with Gasteiger partial charge in [-0.05, 0) is 34.4 Å². The van der Waals surface area contributed by atoms with Crippen LogP contribution < -0.4 is 4.74 Å². The van der Waals surface area contributed by atoms with E-state index in [-0.39, 0.29) is 6.04 Å². The third-order valence-electron chi connectivity index (χ3n) is 4.30. The van der Waals surface area contributed by atoms with E-state index in [1.54, 1.807) is 13.3 Å². The van der Waals surface area contributed by atoms with Crippen LogP contribution in [-0.2, 0) is 0 Å². The van der Waals surface area contributed by atoms with E-state index in [4.69, 9.17) is 4.74 Å². The number of aromatic nitrogens is 2. The normalized spacial score (nSPS) is 22.7. The van der Waals surface area contributed by atoms with Crippen LogP contribution in [-0.4, -0.2) is 71.6 Å². The number of nitrogens with zero attached hydrogens (tertiary/aromatic N) is 4. The Morgan fingerprint density at radius 3 is 2.71 bits per heavy atom. The van der Waals surface area contributed by atoms with E-state index in [1.807, 2.05) is 4.68 Å². The lowest BCUT2D eigenvalue weighted by atomic mass is 10.0. The van der Waals surface area contributed by atoms with Gasteiger partial charge in [0.05, 0.1) is 13.3 Å². The number of hydrogen-bond acceptors (Lipinski definition) is 5. The predicted molar refractivity (Wildman–Crippen MR) is 82.7 cm³/mol. The number of methoxy groups -OCH3 is 1. The second kappa shape index (κ2) is 6.77. The zero-order valence-electron chi connectivity index (χ0n) is 13.8. The molecular formula is C15H28N4O2. The van der Waals surface area contributed by atoms with Gasteiger partial charge in [0.25, 0.3) is 0 Å². The van der Waals surface area contributed by atoms with Crippen molar-refractivity contribution in [2.24, 2.45) is 0 Å². The Kier molecular flexibility index (Phi) is 5.24. The summed E-state index contributed by atoms with van der Waals surface area (Å²) in [7, 11) is 5.88. The lowest BCUT2D eigenvalue weighted by Crippen LogP contribution is -2.50. The topological polar surface area (TPSA) is 53.8 Å². The summed E-state index contributed by atoms with van der Waals surface area (Å²) in [6.07, 6.45) is 1.81. The minimum Gasteiger partial charge on any atom is -0.493 e. The van der Waals surface area contributed by atoms with E-state index < -0.39 is 6.10 Å². The molecule has 0 saturated carbocycles. The minimum atomic E-state index is -0.566. The van der Waals surface area contributed by atoms with E-state index in [9.17, 15) is 5.11 Å². The molecule has 2 heterocycles. The highest BCUT2D eigenvalue weighted by molar-refractivity contribution is 5.28. The van der Waals surface area contributed by atoms with Crippen molar-refractivity contribution in [3.8, 4) is 5.75 Å². The molecule has 1 aromatic heterocycles. The summed E-state index contributed by atoms with van der Waals surface area (Å²) >= 11 is 0. The number of likely N-dealkylation sites (N-methyl/N-ethyl adjacent to an activating group) is 2. The Bertz CT molecular complexity index is 461. The molecule has 6 heteroatoms. The molecule has 0 amide bonds. The molecule has 2 rings (SSSR count). The summed E-state index contributed by atoms with van der Waals surface area (Å²) in [5, 5.41) is 15.1. The van der Waals surface area contributed by atoms with Gasteiger partial charge < -0.3 is 19.6 Å². The Balaban J connectivity index is 2.15. The molecular weight excluding hydrogens is 268 g/mol. The zero-order valence-corrected chi connectivity index (χ0v) is 13.8. The molecule has 1 N–H and O–H groups in total. The van der Waals surface area contributed by atoms with Gasteiger partial charge in [-0.15, -0.1) is 0 Å². The maximum atomic E-state index is 10.7. The highest BCUT2D eigenvalue weighted by atomic mass is 16.5. The highest BCUT2D eigenvalue weighted by Gasteiger charge is 2.28. The van der Waals surface area contributed by atoms with Gasteiger partial charge in [-0.25, -0.2) is 0 Å². The molecule has 6 nitrogen and oxygen atoms in total. The van der Waals surface area contributed by atoms with Crippen molar-refractivity contribution >= 4 is 0 Å². The number of aliphatic hydroxyl groups excluding tert-OH is 1. The quantitative estimate of drug-likeness (QED) is 0.883. The number of aliphatic hydroxyl groups is 1. The standard InChI is InChI=1S/C15H28N4O2/c1-11(2)19-15(14(21-5)9-16-19)13(20)8-12-10-17(3)6-7-18(12)4/h9,11-13,20H,6-8,10H2,1-5H3. The molecule has 1 saturated heterocycles. The molecule has 2 unspecified atom stereocenters.